The van der Waals surface area contributed by atoms with E-state index >= 15 is 0 Å². The SMILES string of the molecule is C[NH+]1CC=C(NNC(=O)c2cn(-c3ccccc3)nc2-c2ccccc2)CC1. The van der Waals surface area contributed by atoms with E-state index in [1.807, 2.05) is 60.7 Å². The number of carbonyl (C=O) groups excluding carboxylic acids is 1. The second-order valence-electron chi connectivity index (χ2n) is 7.01. The first kappa shape index (κ1) is 18.0. The number of amides is 1. The first-order valence-electron chi connectivity index (χ1n) is 9.48. The first-order chi connectivity index (χ1) is 13.7. The van der Waals surface area contributed by atoms with Gasteiger partial charge in [0.05, 0.1) is 31.4 Å². The van der Waals surface area contributed by atoms with Crippen molar-refractivity contribution in [2.45, 2.75) is 6.42 Å². The molecule has 4 rings (SSSR count). The number of likely N-dealkylation sites (N-methyl/N-ethyl adjacent to an activating group) is 1. The van der Waals surface area contributed by atoms with Crippen LogP contribution < -0.4 is 15.8 Å². The molecule has 2 heterocycles. The lowest BCUT2D eigenvalue weighted by Crippen LogP contribution is -3.09. The summed E-state index contributed by atoms with van der Waals surface area (Å²) >= 11 is 0. The number of nitrogens with one attached hydrogen (secondary N) is 3. The topological polar surface area (TPSA) is 63.4 Å². The van der Waals surface area contributed by atoms with Gasteiger partial charge in [-0.15, -0.1) is 0 Å². The zero-order valence-corrected chi connectivity index (χ0v) is 15.9. The van der Waals surface area contributed by atoms with E-state index in [0.29, 0.717) is 11.3 Å². The smallest absolute Gasteiger partial charge is 0.273 e. The van der Waals surface area contributed by atoms with E-state index in [0.717, 1.165) is 36.5 Å². The Morgan fingerprint density at radius 2 is 1.79 bits per heavy atom. The van der Waals surface area contributed by atoms with Gasteiger partial charge in [0.1, 0.15) is 5.69 Å². The van der Waals surface area contributed by atoms with Gasteiger partial charge in [0.15, 0.2) is 0 Å². The largest absolute Gasteiger partial charge is 0.334 e. The molecule has 1 aliphatic heterocycles. The lowest BCUT2D eigenvalue weighted by molar-refractivity contribution is -0.875. The minimum absolute atomic E-state index is 0.201. The Labute approximate surface area is 164 Å². The molecule has 0 fully saturated rings. The molecule has 6 heteroatoms. The van der Waals surface area contributed by atoms with Crippen molar-refractivity contribution in [2.75, 3.05) is 20.1 Å². The highest BCUT2D eigenvalue weighted by Crippen LogP contribution is 2.23. The number of aromatic nitrogens is 2. The third-order valence-corrected chi connectivity index (χ3v) is 4.88. The summed E-state index contributed by atoms with van der Waals surface area (Å²) in [5.74, 6) is -0.201. The number of carbonyl (C=O) groups is 1. The molecule has 0 bridgehead atoms. The second-order valence-corrected chi connectivity index (χ2v) is 7.01. The lowest BCUT2D eigenvalue weighted by Gasteiger charge is -2.20. The van der Waals surface area contributed by atoms with Crippen molar-refractivity contribution in [3.63, 3.8) is 0 Å². The Kier molecular flexibility index (Phi) is 5.21. The third-order valence-electron chi connectivity index (χ3n) is 4.88. The molecule has 3 N–H and O–H groups in total. The average molecular weight is 374 g/mol. The first-order valence-corrected chi connectivity index (χ1v) is 9.48. The van der Waals surface area contributed by atoms with E-state index in [4.69, 9.17) is 0 Å². The monoisotopic (exact) mass is 374 g/mol. The van der Waals surface area contributed by atoms with Crippen molar-refractivity contribution in [1.82, 2.24) is 20.6 Å². The molecule has 28 heavy (non-hydrogen) atoms. The maximum atomic E-state index is 12.9. The molecule has 3 aromatic rings. The van der Waals surface area contributed by atoms with Crippen molar-refractivity contribution in [3.8, 4) is 16.9 Å². The summed E-state index contributed by atoms with van der Waals surface area (Å²) in [7, 11) is 2.16. The zero-order valence-electron chi connectivity index (χ0n) is 15.9. The minimum Gasteiger partial charge on any atom is -0.334 e. The molecule has 0 aliphatic carbocycles. The summed E-state index contributed by atoms with van der Waals surface area (Å²) in [6, 6.07) is 19.6. The Bertz CT molecular complexity index is 979. The van der Waals surface area contributed by atoms with Crippen molar-refractivity contribution in [1.29, 1.82) is 0 Å². The number of para-hydroxylation sites is 1. The van der Waals surface area contributed by atoms with Gasteiger partial charge in [-0.25, -0.2) is 4.68 Å². The van der Waals surface area contributed by atoms with Crippen molar-refractivity contribution < 1.29 is 9.69 Å². The molecule has 0 radical (unpaired) electrons. The highest BCUT2D eigenvalue weighted by Gasteiger charge is 2.19. The van der Waals surface area contributed by atoms with Crippen molar-refractivity contribution in [3.05, 3.63) is 84.2 Å². The van der Waals surface area contributed by atoms with E-state index in [9.17, 15) is 4.79 Å². The molecule has 2 aromatic carbocycles. The van der Waals surface area contributed by atoms with Crippen LogP contribution >= 0.6 is 0 Å². The molecular formula is C22H24N5O+. The number of rotatable bonds is 5. The molecule has 6 nitrogen and oxygen atoms in total. The van der Waals surface area contributed by atoms with Crippen molar-refractivity contribution >= 4 is 5.91 Å². The van der Waals surface area contributed by atoms with Crippen LogP contribution in [0.5, 0.6) is 0 Å². The van der Waals surface area contributed by atoms with E-state index < -0.39 is 0 Å². The predicted octanol–water partition coefficient (Wildman–Crippen LogP) is 1.58. The van der Waals surface area contributed by atoms with Gasteiger partial charge in [0.2, 0.25) is 0 Å². The number of quaternary nitrogens is 1. The van der Waals surface area contributed by atoms with Crippen LogP contribution in [0.4, 0.5) is 0 Å². The number of hydrogen-bond donors (Lipinski definition) is 3. The Morgan fingerprint density at radius 3 is 2.46 bits per heavy atom. The quantitative estimate of drug-likeness (QED) is 0.594. The van der Waals surface area contributed by atoms with Gasteiger partial charge >= 0.3 is 0 Å². The summed E-state index contributed by atoms with van der Waals surface area (Å²) in [6.07, 6.45) is 4.83. The highest BCUT2D eigenvalue weighted by molar-refractivity contribution is 5.99. The lowest BCUT2D eigenvalue weighted by atomic mass is 10.1. The van der Waals surface area contributed by atoms with Gasteiger partial charge in [-0.3, -0.25) is 10.2 Å². The normalized spacial score (nSPS) is 16.3. The van der Waals surface area contributed by atoms with E-state index in [1.165, 1.54) is 4.90 Å². The molecule has 0 saturated heterocycles. The fourth-order valence-corrected chi connectivity index (χ4v) is 3.23. The Hall–Kier alpha value is -3.38. The van der Waals surface area contributed by atoms with Gasteiger partial charge in [0.25, 0.3) is 5.91 Å². The zero-order chi connectivity index (χ0) is 19.3. The highest BCUT2D eigenvalue weighted by atomic mass is 16.2. The molecule has 1 unspecified atom stereocenters. The van der Waals surface area contributed by atoms with Crippen molar-refractivity contribution in [2.24, 2.45) is 0 Å². The van der Waals surface area contributed by atoms with Gasteiger partial charge < -0.3 is 10.3 Å². The maximum Gasteiger partial charge on any atom is 0.273 e. The predicted molar refractivity (Wildman–Crippen MR) is 109 cm³/mol. The van der Waals surface area contributed by atoms with Gasteiger partial charge in [-0.05, 0) is 18.2 Å². The molecule has 1 atom stereocenters. The maximum absolute atomic E-state index is 12.9. The molecule has 142 valence electrons. The average Bonchev–Trinajstić information content (AvgIpc) is 3.20. The summed E-state index contributed by atoms with van der Waals surface area (Å²) in [5, 5.41) is 4.69. The number of nitrogens with zero attached hydrogens (tertiary/aromatic N) is 2. The van der Waals surface area contributed by atoms with Gasteiger partial charge in [0, 0.05) is 23.9 Å². The van der Waals surface area contributed by atoms with Crippen LogP contribution in [0.25, 0.3) is 16.9 Å². The molecule has 1 amide bonds. The van der Waals surface area contributed by atoms with Crippen LogP contribution in [-0.4, -0.2) is 35.8 Å². The van der Waals surface area contributed by atoms with Crippen LogP contribution in [0.3, 0.4) is 0 Å². The number of hydrogen-bond acceptors (Lipinski definition) is 3. The van der Waals surface area contributed by atoms with E-state index in [2.05, 4.69) is 29.1 Å². The van der Waals surface area contributed by atoms with E-state index in [-0.39, 0.29) is 5.91 Å². The molecule has 1 aliphatic rings. The van der Waals surface area contributed by atoms with Crippen LogP contribution in [0.15, 0.2) is 78.6 Å². The molecule has 0 spiro atoms. The fourth-order valence-electron chi connectivity index (χ4n) is 3.23. The second kappa shape index (κ2) is 8.10. The Balaban J connectivity index is 1.61. The minimum atomic E-state index is -0.201. The summed E-state index contributed by atoms with van der Waals surface area (Å²) in [5.41, 5.74) is 9.97. The summed E-state index contributed by atoms with van der Waals surface area (Å²) in [4.78, 5) is 14.4. The van der Waals surface area contributed by atoms with Gasteiger partial charge in [-0.2, -0.15) is 5.10 Å². The summed E-state index contributed by atoms with van der Waals surface area (Å²) in [6.45, 7) is 2.01. The molecular weight excluding hydrogens is 350 g/mol. The van der Waals surface area contributed by atoms with E-state index in [1.54, 1.807) is 10.9 Å². The van der Waals surface area contributed by atoms with Crippen LogP contribution in [-0.2, 0) is 0 Å². The summed E-state index contributed by atoms with van der Waals surface area (Å²) < 4.78 is 1.75. The third kappa shape index (κ3) is 3.97. The standard InChI is InChI=1S/C22H23N5O/c1-26-14-12-18(13-15-26)23-24-22(28)20-16-27(19-10-6-3-7-11-19)25-21(20)17-8-4-2-5-9-17/h2-12,16,23H,13-15H2,1H3,(H,24,28)/p+1. The molecule has 1 aromatic heterocycles. The fraction of sp³-hybridized carbons (Fsp3) is 0.182. The van der Waals surface area contributed by atoms with Crippen LogP contribution in [0, 0.1) is 0 Å². The number of hydrazine groups is 1. The Morgan fingerprint density at radius 1 is 1.07 bits per heavy atom. The van der Waals surface area contributed by atoms with Crippen LogP contribution in [0.2, 0.25) is 0 Å². The number of benzene rings is 2. The van der Waals surface area contributed by atoms with Gasteiger partial charge in [-0.1, -0.05) is 48.5 Å². The molecule has 0 saturated carbocycles. The van der Waals surface area contributed by atoms with Crippen LogP contribution in [0.1, 0.15) is 16.8 Å².